The molecule has 0 atom stereocenters. The highest BCUT2D eigenvalue weighted by Gasteiger charge is 2.20. The van der Waals surface area contributed by atoms with Crippen LogP contribution in [0.5, 0.6) is 11.5 Å². The molecule has 4 N–H and O–H groups in total. The molecular formula is C23H30N6O4. The molecule has 2 aromatic carbocycles. The molecule has 0 radical (unpaired) electrons. The van der Waals surface area contributed by atoms with Gasteiger partial charge in [-0.1, -0.05) is 19.1 Å². The zero-order chi connectivity index (χ0) is 24.0. The molecule has 1 aliphatic rings. The van der Waals surface area contributed by atoms with E-state index in [0.29, 0.717) is 31.0 Å². The number of hydrazine groups is 2. The Bertz CT molecular complexity index is 1070. The predicted octanol–water partition coefficient (Wildman–Crippen LogP) is 3.12. The number of nitrogens with zero attached hydrogens (tertiary/aromatic N) is 4. The average molecular weight is 455 g/mol. The molecule has 0 aliphatic carbocycles. The Kier molecular flexibility index (Phi) is 7.86. The average Bonchev–Trinajstić information content (AvgIpc) is 2.83. The summed E-state index contributed by atoms with van der Waals surface area (Å²) in [5, 5.41) is 10.7. The zero-order valence-electron chi connectivity index (χ0n) is 19.4. The minimum Gasteiger partial charge on any atom is -0.497 e. The van der Waals surface area contributed by atoms with Gasteiger partial charge >= 0.3 is 6.03 Å². The molecule has 0 fully saturated rings. The van der Waals surface area contributed by atoms with Crippen LogP contribution in [-0.2, 0) is 11.3 Å². The summed E-state index contributed by atoms with van der Waals surface area (Å²) in [6.45, 7) is 4.54. The van der Waals surface area contributed by atoms with Gasteiger partial charge in [0.2, 0.25) is 5.90 Å². The largest absolute Gasteiger partial charge is 0.497 e. The maximum absolute atomic E-state index is 12.2. The number of anilines is 1. The highest BCUT2D eigenvalue weighted by Crippen LogP contribution is 2.29. The molecule has 0 saturated carbocycles. The third-order valence-electron chi connectivity index (χ3n) is 5.22. The van der Waals surface area contributed by atoms with Gasteiger partial charge in [-0.2, -0.15) is 5.10 Å². The minimum absolute atomic E-state index is 0.172. The summed E-state index contributed by atoms with van der Waals surface area (Å²) in [6.07, 6.45) is 1.18. The Balaban J connectivity index is 1.80. The van der Waals surface area contributed by atoms with E-state index in [-0.39, 0.29) is 6.61 Å². The topological polar surface area (TPSA) is 128 Å². The molecule has 0 spiro atoms. The number of nitrogens with two attached hydrogens (primary N) is 2. The van der Waals surface area contributed by atoms with E-state index in [9.17, 15) is 4.79 Å². The second-order valence-electron chi connectivity index (χ2n) is 7.48. The van der Waals surface area contributed by atoms with Crippen LogP contribution in [0.4, 0.5) is 10.5 Å². The first kappa shape index (κ1) is 24.0. The summed E-state index contributed by atoms with van der Waals surface area (Å²) in [4.78, 5) is 12.2. The molecule has 0 saturated heterocycles. The summed E-state index contributed by atoms with van der Waals surface area (Å²) in [6, 6.07) is 10.5. The number of hydrogen-bond acceptors (Lipinski definition) is 8. The number of methoxy groups -OCH3 is 1. The molecule has 2 amide bonds. The van der Waals surface area contributed by atoms with E-state index < -0.39 is 6.03 Å². The van der Waals surface area contributed by atoms with Crippen molar-refractivity contribution >= 4 is 23.3 Å². The van der Waals surface area contributed by atoms with Crippen molar-refractivity contribution in [2.24, 2.45) is 21.9 Å². The molecule has 10 nitrogen and oxygen atoms in total. The smallest absolute Gasteiger partial charge is 0.352 e. The number of carbonyl (C=O) groups is 1. The number of fused-ring (bicyclic) bond motifs is 1. The summed E-state index contributed by atoms with van der Waals surface area (Å²) < 4.78 is 16.9. The van der Waals surface area contributed by atoms with Gasteiger partial charge in [-0.25, -0.2) is 21.5 Å². The third kappa shape index (κ3) is 5.60. The third-order valence-corrected chi connectivity index (χ3v) is 5.22. The summed E-state index contributed by atoms with van der Waals surface area (Å²) in [7, 11) is 3.04. The van der Waals surface area contributed by atoms with E-state index in [1.54, 1.807) is 13.2 Å². The molecule has 176 valence electrons. The maximum Gasteiger partial charge on any atom is 0.352 e. The summed E-state index contributed by atoms with van der Waals surface area (Å²) in [5.41, 5.74) is 3.88. The molecule has 1 heterocycles. The predicted molar refractivity (Wildman–Crippen MR) is 127 cm³/mol. The van der Waals surface area contributed by atoms with Crippen molar-refractivity contribution in [2.75, 3.05) is 25.8 Å². The lowest BCUT2D eigenvalue weighted by molar-refractivity contribution is 0.216. The van der Waals surface area contributed by atoms with Gasteiger partial charge in [-0.05, 0) is 30.7 Å². The van der Waals surface area contributed by atoms with Gasteiger partial charge in [0.25, 0.3) is 0 Å². The van der Waals surface area contributed by atoms with Crippen LogP contribution in [0.2, 0.25) is 0 Å². The van der Waals surface area contributed by atoms with Gasteiger partial charge in [0.05, 0.1) is 25.1 Å². The van der Waals surface area contributed by atoms with Crippen LogP contribution in [0.1, 0.15) is 36.5 Å². The molecule has 33 heavy (non-hydrogen) atoms. The van der Waals surface area contributed by atoms with E-state index >= 15 is 0 Å². The monoisotopic (exact) mass is 454 g/mol. The zero-order valence-corrected chi connectivity index (χ0v) is 19.4. The Hall–Kier alpha value is -3.63. The Morgan fingerprint density at radius 1 is 1.24 bits per heavy atom. The fourth-order valence-corrected chi connectivity index (χ4v) is 3.33. The van der Waals surface area contributed by atoms with Crippen molar-refractivity contribution in [1.29, 1.82) is 0 Å². The SMILES string of the molecule is CC/C(=N\N=C1CCOc2cc(OC)ccc21)OCc1c(C)cccc1N(N)C(=O)N(C)N. The number of carbonyl (C=O) groups excluding carboxylic acids is 1. The van der Waals surface area contributed by atoms with Crippen LogP contribution < -0.4 is 26.2 Å². The van der Waals surface area contributed by atoms with Crippen molar-refractivity contribution in [1.82, 2.24) is 5.01 Å². The standard InChI is InChI=1S/C23H30N6O4/c1-5-22(27-26-19-11-12-32-21-13-16(31-4)9-10-17(19)21)33-14-18-15(2)7-6-8-20(18)29(25)23(30)28(3)24/h6-10,13H,5,11-12,14,24-25H2,1-4H3/b26-19?,27-22+. The molecule has 1 aliphatic heterocycles. The molecule has 2 aromatic rings. The van der Waals surface area contributed by atoms with E-state index in [1.807, 2.05) is 44.2 Å². The van der Waals surface area contributed by atoms with E-state index in [1.165, 1.54) is 7.05 Å². The van der Waals surface area contributed by atoms with Crippen LogP contribution in [-0.4, -0.2) is 43.4 Å². The first-order chi connectivity index (χ1) is 15.8. The second-order valence-corrected chi connectivity index (χ2v) is 7.48. The van der Waals surface area contributed by atoms with Crippen molar-refractivity contribution in [3.8, 4) is 11.5 Å². The number of aryl methyl sites for hydroxylation is 1. The Morgan fingerprint density at radius 2 is 2.03 bits per heavy atom. The Morgan fingerprint density at radius 3 is 2.73 bits per heavy atom. The highest BCUT2D eigenvalue weighted by atomic mass is 16.5. The second kappa shape index (κ2) is 10.8. The van der Waals surface area contributed by atoms with E-state index in [2.05, 4.69) is 10.2 Å². The molecule has 0 bridgehead atoms. The van der Waals surface area contributed by atoms with E-state index in [0.717, 1.165) is 43.9 Å². The normalized spacial score (nSPS) is 14.4. The number of rotatable bonds is 6. The van der Waals surface area contributed by atoms with Crippen LogP contribution in [0, 0.1) is 6.92 Å². The lowest BCUT2D eigenvalue weighted by Crippen LogP contribution is -2.49. The number of amides is 2. The van der Waals surface area contributed by atoms with Crippen molar-refractivity contribution in [3.63, 3.8) is 0 Å². The first-order valence-corrected chi connectivity index (χ1v) is 10.6. The highest BCUT2D eigenvalue weighted by molar-refractivity contribution is 6.04. The van der Waals surface area contributed by atoms with E-state index in [4.69, 9.17) is 25.9 Å². The first-order valence-electron chi connectivity index (χ1n) is 10.6. The van der Waals surface area contributed by atoms with Crippen molar-refractivity contribution in [3.05, 3.63) is 53.1 Å². The number of ether oxygens (including phenoxy) is 3. The molecular weight excluding hydrogens is 424 g/mol. The van der Waals surface area contributed by atoms with Crippen LogP contribution in [0.3, 0.4) is 0 Å². The van der Waals surface area contributed by atoms with Gasteiger partial charge < -0.3 is 14.2 Å². The molecule has 3 rings (SSSR count). The lowest BCUT2D eigenvalue weighted by Gasteiger charge is -2.24. The fraction of sp³-hybridized carbons (Fsp3) is 0.348. The number of benzene rings is 2. The number of urea groups is 1. The van der Waals surface area contributed by atoms with Crippen molar-refractivity contribution in [2.45, 2.75) is 33.3 Å². The van der Waals surface area contributed by atoms with Gasteiger partial charge in [-0.3, -0.25) is 5.01 Å². The van der Waals surface area contributed by atoms with Crippen LogP contribution in [0.25, 0.3) is 0 Å². The van der Waals surface area contributed by atoms with Crippen LogP contribution >= 0.6 is 0 Å². The maximum atomic E-state index is 12.2. The Labute approximate surface area is 193 Å². The van der Waals surface area contributed by atoms with Gasteiger partial charge in [-0.15, -0.1) is 5.10 Å². The summed E-state index contributed by atoms with van der Waals surface area (Å²) in [5.74, 6) is 13.5. The molecule has 0 unspecified atom stereocenters. The summed E-state index contributed by atoms with van der Waals surface area (Å²) >= 11 is 0. The number of hydrogen-bond donors (Lipinski definition) is 2. The lowest BCUT2D eigenvalue weighted by atomic mass is 10.0. The molecule has 0 aromatic heterocycles. The fourth-order valence-electron chi connectivity index (χ4n) is 3.33. The minimum atomic E-state index is -0.549. The molecule has 10 heteroatoms. The van der Waals surface area contributed by atoms with Crippen molar-refractivity contribution < 1.29 is 19.0 Å². The van der Waals surface area contributed by atoms with Gasteiger partial charge in [0.15, 0.2) is 0 Å². The van der Waals surface area contributed by atoms with Gasteiger partial charge in [0.1, 0.15) is 18.1 Å². The van der Waals surface area contributed by atoms with Crippen LogP contribution in [0.15, 0.2) is 46.6 Å². The van der Waals surface area contributed by atoms with Gasteiger partial charge in [0, 0.05) is 37.1 Å². The quantitative estimate of drug-likeness (QED) is 0.227.